The number of carbonyl (C=O) groups excluding carboxylic acids is 2. The number of amides is 1. The molecule has 1 amide bonds. The molecule has 8 heteroatoms. The number of esters is 1. The largest absolute Gasteiger partial charge is 0.452 e. The molecule has 168 valence electrons. The number of anilines is 1. The molecule has 0 bridgehead atoms. The van der Waals surface area contributed by atoms with E-state index in [1.807, 2.05) is 33.8 Å². The minimum atomic E-state index is -3.78. The summed E-state index contributed by atoms with van der Waals surface area (Å²) in [6.07, 6.45) is 0. The van der Waals surface area contributed by atoms with Gasteiger partial charge in [0.15, 0.2) is 6.61 Å². The maximum Gasteiger partial charge on any atom is 0.338 e. The fourth-order valence-corrected chi connectivity index (χ4v) is 4.91. The van der Waals surface area contributed by atoms with Crippen LogP contribution in [0.5, 0.6) is 0 Å². The fraction of sp³-hybridized carbons (Fsp3) is 0.391. The van der Waals surface area contributed by atoms with Crippen molar-refractivity contribution in [2.24, 2.45) is 0 Å². The molecule has 2 rings (SSSR count). The predicted molar refractivity (Wildman–Crippen MR) is 120 cm³/mol. The number of carbonyl (C=O) groups is 2. The first-order chi connectivity index (χ1) is 14.6. The first-order valence-corrected chi connectivity index (χ1v) is 11.7. The highest BCUT2D eigenvalue weighted by Crippen LogP contribution is 2.23. The van der Waals surface area contributed by atoms with Crippen LogP contribution < -0.4 is 4.31 Å². The highest BCUT2D eigenvalue weighted by Gasteiger charge is 2.25. The Morgan fingerprint density at radius 1 is 0.903 bits per heavy atom. The van der Waals surface area contributed by atoms with Crippen molar-refractivity contribution in [2.45, 2.75) is 51.6 Å². The molecule has 0 unspecified atom stereocenters. The SMILES string of the molecule is CCN(c1ccccc1)S(=O)(=O)c1ccc(C(=O)OCC(=O)N(C(C)C)C(C)C)cc1. The van der Waals surface area contributed by atoms with Gasteiger partial charge in [-0.1, -0.05) is 18.2 Å². The molecule has 0 atom stereocenters. The Balaban J connectivity index is 2.12. The quantitative estimate of drug-likeness (QED) is 0.549. The predicted octanol–water partition coefficient (Wildman–Crippen LogP) is 3.70. The number of hydrogen-bond donors (Lipinski definition) is 0. The van der Waals surface area contributed by atoms with Crippen molar-refractivity contribution >= 4 is 27.6 Å². The molecule has 7 nitrogen and oxygen atoms in total. The van der Waals surface area contributed by atoms with Crippen molar-refractivity contribution in [2.75, 3.05) is 17.5 Å². The van der Waals surface area contributed by atoms with Gasteiger partial charge in [-0.3, -0.25) is 9.10 Å². The van der Waals surface area contributed by atoms with Crippen LogP contribution in [0.4, 0.5) is 5.69 Å². The Labute approximate surface area is 184 Å². The lowest BCUT2D eigenvalue weighted by Gasteiger charge is -2.30. The van der Waals surface area contributed by atoms with Crippen molar-refractivity contribution in [3.63, 3.8) is 0 Å². The molecule has 0 N–H and O–H groups in total. The maximum absolute atomic E-state index is 13.0. The van der Waals surface area contributed by atoms with Crippen LogP contribution in [0.15, 0.2) is 59.5 Å². The van der Waals surface area contributed by atoms with Gasteiger partial charge >= 0.3 is 5.97 Å². The zero-order valence-corrected chi connectivity index (χ0v) is 19.4. The van der Waals surface area contributed by atoms with Crippen LogP contribution in [0, 0.1) is 0 Å². The average molecular weight is 447 g/mol. The Kier molecular flexibility index (Phi) is 8.21. The van der Waals surface area contributed by atoms with Crippen molar-refractivity contribution < 1.29 is 22.7 Å². The number of nitrogens with zero attached hydrogens (tertiary/aromatic N) is 2. The third-order valence-corrected chi connectivity index (χ3v) is 6.65. The molecular formula is C23H30N2O5S. The highest BCUT2D eigenvalue weighted by molar-refractivity contribution is 7.92. The topological polar surface area (TPSA) is 84.0 Å². The summed E-state index contributed by atoms with van der Waals surface area (Å²) in [5, 5.41) is 0. The van der Waals surface area contributed by atoms with Crippen LogP contribution in [0.3, 0.4) is 0 Å². The van der Waals surface area contributed by atoms with Crippen LogP contribution in [0.25, 0.3) is 0 Å². The van der Waals surface area contributed by atoms with Gasteiger partial charge in [-0.25, -0.2) is 13.2 Å². The molecule has 0 saturated carbocycles. The summed E-state index contributed by atoms with van der Waals surface area (Å²) in [4.78, 5) is 26.4. The van der Waals surface area contributed by atoms with Gasteiger partial charge in [0.05, 0.1) is 16.1 Å². The maximum atomic E-state index is 13.0. The number of para-hydroxylation sites is 1. The molecule has 31 heavy (non-hydrogen) atoms. The molecule has 0 heterocycles. The van der Waals surface area contributed by atoms with Crippen LogP contribution in [0.1, 0.15) is 45.0 Å². The van der Waals surface area contributed by atoms with Gasteiger partial charge in [-0.2, -0.15) is 0 Å². The first kappa shape index (κ1) is 24.4. The molecule has 2 aromatic rings. The molecule has 0 aliphatic heterocycles. The first-order valence-electron chi connectivity index (χ1n) is 10.3. The smallest absolute Gasteiger partial charge is 0.338 e. The summed E-state index contributed by atoms with van der Waals surface area (Å²) in [5.41, 5.74) is 0.738. The van der Waals surface area contributed by atoms with Crippen LogP contribution in [-0.4, -0.2) is 50.4 Å². The van der Waals surface area contributed by atoms with Gasteiger partial charge in [0.25, 0.3) is 15.9 Å². The molecule has 0 saturated heterocycles. The third kappa shape index (κ3) is 5.85. The van der Waals surface area contributed by atoms with E-state index in [9.17, 15) is 18.0 Å². The molecular weight excluding hydrogens is 416 g/mol. The van der Waals surface area contributed by atoms with Crippen molar-refractivity contribution in [3.05, 3.63) is 60.2 Å². The molecule has 0 aromatic heterocycles. The van der Waals surface area contributed by atoms with Crippen LogP contribution >= 0.6 is 0 Å². The lowest BCUT2D eigenvalue weighted by atomic mass is 10.2. The lowest BCUT2D eigenvalue weighted by Crippen LogP contribution is -2.44. The van der Waals surface area contributed by atoms with E-state index in [-0.39, 0.29) is 41.6 Å². The van der Waals surface area contributed by atoms with E-state index in [1.165, 1.54) is 28.6 Å². The van der Waals surface area contributed by atoms with E-state index in [1.54, 1.807) is 36.1 Å². The Hall–Kier alpha value is -2.87. The molecule has 0 aliphatic carbocycles. The molecule has 0 fully saturated rings. The van der Waals surface area contributed by atoms with E-state index in [0.29, 0.717) is 5.69 Å². The fourth-order valence-electron chi connectivity index (χ4n) is 3.43. The summed E-state index contributed by atoms with van der Waals surface area (Å²) in [5.74, 6) is -0.959. The second-order valence-corrected chi connectivity index (χ2v) is 9.46. The van der Waals surface area contributed by atoms with Gasteiger partial charge in [-0.05, 0) is 71.0 Å². The number of ether oxygens (including phenoxy) is 1. The van der Waals surface area contributed by atoms with Crippen molar-refractivity contribution in [1.29, 1.82) is 0 Å². The molecule has 0 aliphatic rings. The van der Waals surface area contributed by atoms with E-state index < -0.39 is 16.0 Å². The monoisotopic (exact) mass is 446 g/mol. The van der Waals surface area contributed by atoms with E-state index in [0.717, 1.165) is 0 Å². The summed E-state index contributed by atoms with van der Waals surface area (Å²) in [7, 11) is -3.78. The Bertz CT molecular complexity index is 978. The lowest BCUT2D eigenvalue weighted by molar-refractivity contribution is -0.138. The average Bonchev–Trinajstić information content (AvgIpc) is 2.72. The van der Waals surface area contributed by atoms with E-state index in [4.69, 9.17) is 4.74 Å². The summed E-state index contributed by atoms with van der Waals surface area (Å²) < 4.78 is 32.5. The molecule has 0 radical (unpaired) electrons. The number of rotatable bonds is 9. The standard InChI is InChI=1S/C23H30N2O5S/c1-6-24(20-10-8-7-9-11-20)31(28,29)21-14-12-19(13-15-21)23(27)30-16-22(26)25(17(2)3)18(4)5/h7-15,17-18H,6,16H2,1-5H3. The van der Waals surface area contributed by atoms with Gasteiger partial charge in [0, 0.05) is 18.6 Å². The van der Waals surface area contributed by atoms with Crippen molar-refractivity contribution in [1.82, 2.24) is 4.90 Å². The van der Waals surface area contributed by atoms with E-state index >= 15 is 0 Å². The highest BCUT2D eigenvalue weighted by atomic mass is 32.2. The Morgan fingerprint density at radius 3 is 1.94 bits per heavy atom. The molecule has 2 aromatic carbocycles. The van der Waals surface area contributed by atoms with Gasteiger partial charge in [-0.15, -0.1) is 0 Å². The van der Waals surface area contributed by atoms with Crippen LogP contribution in [-0.2, 0) is 19.6 Å². The number of sulfonamides is 1. The zero-order chi connectivity index (χ0) is 23.2. The minimum Gasteiger partial charge on any atom is -0.452 e. The summed E-state index contributed by atoms with van der Waals surface area (Å²) in [6, 6.07) is 14.3. The Morgan fingerprint density at radius 2 is 1.45 bits per heavy atom. The number of hydrogen-bond acceptors (Lipinski definition) is 5. The normalized spacial score (nSPS) is 11.5. The van der Waals surface area contributed by atoms with Crippen LogP contribution in [0.2, 0.25) is 0 Å². The second-order valence-electron chi connectivity index (χ2n) is 7.59. The van der Waals surface area contributed by atoms with Gasteiger partial charge in [0.2, 0.25) is 0 Å². The minimum absolute atomic E-state index is 0.0122. The number of benzene rings is 2. The summed E-state index contributed by atoms with van der Waals surface area (Å²) >= 11 is 0. The third-order valence-electron chi connectivity index (χ3n) is 4.74. The van der Waals surface area contributed by atoms with Crippen molar-refractivity contribution in [3.8, 4) is 0 Å². The van der Waals surface area contributed by atoms with Gasteiger partial charge < -0.3 is 9.64 Å². The summed E-state index contributed by atoms with van der Waals surface area (Å²) in [6.45, 7) is 9.24. The van der Waals surface area contributed by atoms with E-state index in [2.05, 4.69) is 0 Å². The second kappa shape index (κ2) is 10.4. The zero-order valence-electron chi connectivity index (χ0n) is 18.6. The van der Waals surface area contributed by atoms with Gasteiger partial charge in [0.1, 0.15) is 0 Å². The molecule has 0 spiro atoms.